The number of hydrogen-bond acceptors (Lipinski definition) is 6. The Bertz CT molecular complexity index is 945. The monoisotopic (exact) mass is 610 g/mol. The molecule has 1 N–H and O–H groups in total. The predicted octanol–water partition coefficient (Wildman–Crippen LogP) is 9.49. The first kappa shape index (κ1) is 38.1. The highest BCUT2D eigenvalue weighted by atomic mass is 32.2. The fourth-order valence-corrected chi connectivity index (χ4v) is 5.76. The largest absolute Gasteiger partial charge is 0.462 e. The molecule has 0 heterocycles. The highest BCUT2D eigenvalue weighted by molar-refractivity contribution is 7.86. The van der Waals surface area contributed by atoms with Crippen molar-refractivity contribution < 1.29 is 32.0 Å². The summed E-state index contributed by atoms with van der Waals surface area (Å²) in [5, 5.41) is -1.21. The summed E-state index contributed by atoms with van der Waals surface area (Å²) < 4.78 is 42.3. The van der Waals surface area contributed by atoms with Gasteiger partial charge in [-0.3, -0.25) is 4.55 Å². The van der Waals surface area contributed by atoms with Gasteiger partial charge in [-0.05, 0) is 25.0 Å². The van der Waals surface area contributed by atoms with Crippen LogP contribution in [0.3, 0.4) is 0 Å². The summed E-state index contributed by atoms with van der Waals surface area (Å²) in [7, 11) is -4.33. The zero-order valence-electron chi connectivity index (χ0n) is 26.5. The van der Waals surface area contributed by atoms with Gasteiger partial charge in [-0.1, -0.05) is 148 Å². The fraction of sp³-hybridized carbons (Fsp3) is 0.765. The van der Waals surface area contributed by atoms with Crippen LogP contribution in [0.1, 0.15) is 169 Å². The molecule has 0 aliphatic rings. The summed E-state index contributed by atoms with van der Waals surface area (Å²) in [6, 6.07) is 6.13. The lowest BCUT2D eigenvalue weighted by Gasteiger charge is -2.13. The first-order valence-corrected chi connectivity index (χ1v) is 18.2. The second-order valence-corrected chi connectivity index (χ2v) is 13.2. The quantitative estimate of drug-likeness (QED) is 0.0600. The molecule has 0 aliphatic heterocycles. The summed E-state index contributed by atoms with van der Waals surface area (Å²) in [6.07, 6.45) is 26.2. The molecule has 1 rings (SSSR count). The molecule has 0 radical (unpaired) electrons. The van der Waals surface area contributed by atoms with Crippen molar-refractivity contribution in [2.24, 2.45) is 0 Å². The molecule has 0 saturated heterocycles. The Kier molecular flexibility index (Phi) is 22.2. The predicted molar refractivity (Wildman–Crippen MR) is 171 cm³/mol. The van der Waals surface area contributed by atoms with Crippen molar-refractivity contribution in [3.8, 4) is 0 Å². The molecule has 1 aromatic rings. The molecule has 42 heavy (non-hydrogen) atoms. The summed E-state index contributed by atoms with van der Waals surface area (Å²) in [5.41, 5.74) is 0.0896. The lowest BCUT2D eigenvalue weighted by atomic mass is 10.0. The van der Waals surface area contributed by atoms with Crippen LogP contribution in [0.25, 0.3) is 0 Å². The Morgan fingerprint density at radius 1 is 0.619 bits per heavy atom. The number of hydrogen-bond donors (Lipinski definition) is 1. The van der Waals surface area contributed by atoms with Crippen LogP contribution in [0.15, 0.2) is 24.3 Å². The molecule has 8 heteroatoms. The zero-order valence-corrected chi connectivity index (χ0v) is 27.3. The number of carbonyl (C=O) groups excluding carboxylic acids is 2. The highest BCUT2D eigenvalue weighted by Gasteiger charge is 2.25. The fourth-order valence-electron chi connectivity index (χ4n) is 5.10. The molecule has 0 saturated carbocycles. The summed E-state index contributed by atoms with van der Waals surface area (Å²) in [4.78, 5) is 25.0. The Morgan fingerprint density at radius 2 is 0.976 bits per heavy atom. The first-order chi connectivity index (χ1) is 20.3. The van der Waals surface area contributed by atoms with Gasteiger partial charge in [0.05, 0.1) is 17.7 Å². The molecule has 0 amide bonds. The van der Waals surface area contributed by atoms with Crippen molar-refractivity contribution >= 4 is 22.1 Å². The minimum Gasteiger partial charge on any atom is -0.462 e. The molecular weight excluding hydrogens is 552 g/mol. The standard InChI is InChI=1S/C34H58O7S/c1-3-5-6-7-8-9-10-11-12-13-14-15-16-17-18-19-20-21-22-25-28-40-33(35)31-26-23-24-27-32(31)34(36)41-29-30(4-2)42(37,38)39/h23-24,26-27,30H,3-22,25,28-29H2,1-2H3,(H,37,38,39). The van der Waals surface area contributed by atoms with E-state index in [0.29, 0.717) is 0 Å². The zero-order chi connectivity index (χ0) is 30.9. The maximum atomic E-state index is 12.6. The van der Waals surface area contributed by atoms with Gasteiger partial charge in [0.15, 0.2) is 0 Å². The topological polar surface area (TPSA) is 107 Å². The van der Waals surface area contributed by atoms with E-state index in [1.54, 1.807) is 19.1 Å². The average molecular weight is 611 g/mol. The molecule has 0 spiro atoms. The SMILES string of the molecule is CCCCCCCCCCCCCCCCCCCCCCOC(=O)c1ccccc1C(=O)OCC(CC)S(=O)(=O)O. The molecule has 7 nitrogen and oxygen atoms in total. The minimum absolute atomic E-state index is 0.0104. The number of carbonyl (C=O) groups is 2. The second-order valence-electron chi connectivity index (χ2n) is 11.5. The van der Waals surface area contributed by atoms with Gasteiger partial charge in [0.2, 0.25) is 0 Å². The lowest BCUT2D eigenvalue weighted by molar-refractivity contribution is 0.0452. The van der Waals surface area contributed by atoms with E-state index in [-0.39, 0.29) is 24.2 Å². The normalized spacial score (nSPS) is 12.3. The lowest BCUT2D eigenvalue weighted by Crippen LogP contribution is -2.27. The van der Waals surface area contributed by atoms with Gasteiger partial charge in [-0.2, -0.15) is 8.42 Å². The molecule has 0 aliphatic carbocycles. The first-order valence-electron chi connectivity index (χ1n) is 16.7. The molecule has 0 aromatic heterocycles. The van der Waals surface area contributed by atoms with Crippen LogP contribution in [-0.2, 0) is 19.6 Å². The summed E-state index contributed by atoms with van der Waals surface area (Å²) in [6.45, 7) is 3.63. The smallest absolute Gasteiger partial charge is 0.339 e. The van der Waals surface area contributed by atoms with Gasteiger partial charge in [-0.25, -0.2) is 9.59 Å². The van der Waals surface area contributed by atoms with Gasteiger partial charge < -0.3 is 9.47 Å². The Morgan fingerprint density at radius 3 is 1.33 bits per heavy atom. The van der Waals surface area contributed by atoms with Crippen molar-refractivity contribution in [2.45, 2.75) is 154 Å². The van der Waals surface area contributed by atoms with Crippen molar-refractivity contribution in [2.75, 3.05) is 13.2 Å². The molecule has 0 fully saturated rings. The molecular formula is C34H58O7S. The summed E-state index contributed by atoms with van der Waals surface area (Å²) >= 11 is 0. The van der Waals surface area contributed by atoms with Crippen molar-refractivity contribution in [1.29, 1.82) is 0 Å². The van der Waals surface area contributed by atoms with Gasteiger partial charge in [0.25, 0.3) is 10.1 Å². The highest BCUT2D eigenvalue weighted by Crippen LogP contribution is 2.16. The number of esters is 2. The van der Waals surface area contributed by atoms with E-state index in [0.717, 1.165) is 19.3 Å². The Balaban J connectivity index is 2.04. The maximum Gasteiger partial charge on any atom is 0.339 e. The van der Waals surface area contributed by atoms with Crippen LogP contribution >= 0.6 is 0 Å². The van der Waals surface area contributed by atoms with Crippen LogP contribution in [0, 0.1) is 0 Å². The van der Waals surface area contributed by atoms with E-state index in [9.17, 15) is 22.6 Å². The van der Waals surface area contributed by atoms with E-state index in [2.05, 4.69) is 6.92 Å². The van der Waals surface area contributed by atoms with E-state index in [1.807, 2.05) is 0 Å². The van der Waals surface area contributed by atoms with Crippen LogP contribution in [0.2, 0.25) is 0 Å². The molecule has 0 bridgehead atoms. The van der Waals surface area contributed by atoms with Crippen molar-refractivity contribution in [3.63, 3.8) is 0 Å². The van der Waals surface area contributed by atoms with Crippen molar-refractivity contribution in [1.82, 2.24) is 0 Å². The third kappa shape index (κ3) is 18.6. The summed E-state index contributed by atoms with van der Waals surface area (Å²) in [5.74, 6) is -1.44. The number of benzene rings is 1. The number of ether oxygens (including phenoxy) is 2. The molecule has 1 aromatic carbocycles. The molecule has 1 atom stereocenters. The maximum absolute atomic E-state index is 12.6. The Hall–Kier alpha value is -1.93. The second kappa shape index (κ2) is 24.5. The molecule has 1 unspecified atom stereocenters. The van der Waals surface area contributed by atoms with Crippen LogP contribution < -0.4 is 0 Å². The third-order valence-corrected chi connectivity index (χ3v) is 9.19. The van der Waals surface area contributed by atoms with E-state index in [4.69, 9.17) is 9.47 Å². The number of rotatable bonds is 27. The van der Waals surface area contributed by atoms with E-state index in [1.165, 1.54) is 121 Å². The van der Waals surface area contributed by atoms with Gasteiger partial charge in [-0.15, -0.1) is 0 Å². The minimum atomic E-state index is -4.33. The van der Waals surface area contributed by atoms with Gasteiger partial charge >= 0.3 is 11.9 Å². The van der Waals surface area contributed by atoms with E-state index >= 15 is 0 Å². The Labute approximate surface area is 256 Å². The average Bonchev–Trinajstić information content (AvgIpc) is 2.97. The third-order valence-electron chi connectivity index (χ3n) is 7.87. The number of unbranched alkanes of at least 4 members (excludes halogenated alkanes) is 19. The van der Waals surface area contributed by atoms with E-state index < -0.39 is 33.9 Å². The van der Waals surface area contributed by atoms with Crippen LogP contribution in [0.5, 0.6) is 0 Å². The van der Waals surface area contributed by atoms with Crippen LogP contribution in [-0.4, -0.2) is 43.4 Å². The van der Waals surface area contributed by atoms with Crippen molar-refractivity contribution in [3.05, 3.63) is 35.4 Å². The van der Waals surface area contributed by atoms with Gasteiger partial charge in [0.1, 0.15) is 11.9 Å². The van der Waals surface area contributed by atoms with Gasteiger partial charge in [0, 0.05) is 0 Å². The molecule has 242 valence electrons. The van der Waals surface area contributed by atoms with Crippen LogP contribution in [0.4, 0.5) is 0 Å².